The summed E-state index contributed by atoms with van der Waals surface area (Å²) < 4.78 is 40.7. The normalized spacial score (nSPS) is 17.7. The SMILES string of the molecule is CCN(CC)C(=O)N(C)Cc1nnc2n1CCCC2C(F)(F)F. The van der Waals surface area contributed by atoms with Crippen LogP contribution >= 0.6 is 0 Å². The number of amides is 2. The number of carbonyl (C=O) groups is 1. The van der Waals surface area contributed by atoms with Crippen molar-refractivity contribution in [3.05, 3.63) is 11.6 Å². The summed E-state index contributed by atoms with van der Waals surface area (Å²) in [5.74, 6) is -1.21. The van der Waals surface area contributed by atoms with E-state index in [9.17, 15) is 18.0 Å². The van der Waals surface area contributed by atoms with E-state index in [1.54, 1.807) is 11.9 Å². The summed E-state index contributed by atoms with van der Waals surface area (Å²) in [5.41, 5.74) is 0. The third-order valence-corrected chi connectivity index (χ3v) is 4.18. The Kier molecular flexibility index (Phi) is 5.16. The first-order chi connectivity index (χ1) is 10.8. The Morgan fingerprint density at radius 3 is 2.52 bits per heavy atom. The number of nitrogens with zero attached hydrogens (tertiary/aromatic N) is 5. The van der Waals surface area contributed by atoms with E-state index in [1.807, 2.05) is 13.8 Å². The molecule has 1 aliphatic heterocycles. The molecule has 2 heterocycles. The highest BCUT2D eigenvalue weighted by molar-refractivity contribution is 5.73. The van der Waals surface area contributed by atoms with Crippen molar-refractivity contribution in [2.45, 2.75) is 51.9 Å². The molecule has 0 saturated heterocycles. The summed E-state index contributed by atoms with van der Waals surface area (Å²) >= 11 is 0. The number of alkyl halides is 3. The van der Waals surface area contributed by atoms with Gasteiger partial charge in [0.2, 0.25) is 0 Å². The van der Waals surface area contributed by atoms with E-state index in [2.05, 4.69) is 10.2 Å². The van der Waals surface area contributed by atoms with Crippen molar-refractivity contribution < 1.29 is 18.0 Å². The summed E-state index contributed by atoms with van der Waals surface area (Å²) in [5, 5.41) is 7.64. The fourth-order valence-electron chi connectivity index (χ4n) is 2.88. The lowest BCUT2D eigenvalue weighted by molar-refractivity contribution is -0.156. The number of aromatic nitrogens is 3. The molecule has 1 aliphatic rings. The summed E-state index contributed by atoms with van der Waals surface area (Å²) in [4.78, 5) is 15.3. The molecule has 0 aromatic carbocycles. The molecule has 0 spiro atoms. The van der Waals surface area contributed by atoms with Crippen LogP contribution in [0, 0.1) is 0 Å². The van der Waals surface area contributed by atoms with Gasteiger partial charge < -0.3 is 14.4 Å². The molecule has 1 atom stereocenters. The van der Waals surface area contributed by atoms with E-state index in [0.717, 1.165) is 0 Å². The first-order valence-corrected chi connectivity index (χ1v) is 7.78. The molecule has 2 amide bonds. The third kappa shape index (κ3) is 3.59. The molecule has 1 aromatic rings. The maximum absolute atomic E-state index is 13.1. The smallest absolute Gasteiger partial charge is 0.325 e. The van der Waals surface area contributed by atoms with Crippen molar-refractivity contribution in [1.82, 2.24) is 24.6 Å². The molecule has 0 saturated carbocycles. The molecule has 0 bridgehead atoms. The van der Waals surface area contributed by atoms with Crippen LogP contribution in [-0.2, 0) is 13.1 Å². The standard InChI is InChI=1S/C14H22F3N5O/c1-4-21(5-2)13(23)20(3)9-11-18-19-12-10(14(15,16)17)7-6-8-22(11)12/h10H,4-9H2,1-3H3. The molecule has 0 aliphatic carbocycles. The average Bonchev–Trinajstić information content (AvgIpc) is 2.90. The van der Waals surface area contributed by atoms with Gasteiger partial charge in [0.1, 0.15) is 11.7 Å². The molecule has 1 aromatic heterocycles. The number of fused-ring (bicyclic) bond motifs is 1. The number of hydrogen-bond acceptors (Lipinski definition) is 3. The molecule has 0 radical (unpaired) electrons. The molecule has 6 nitrogen and oxygen atoms in total. The van der Waals surface area contributed by atoms with Gasteiger partial charge in [-0.3, -0.25) is 0 Å². The number of halogens is 3. The first-order valence-electron chi connectivity index (χ1n) is 7.78. The van der Waals surface area contributed by atoms with Crippen LogP contribution in [0.5, 0.6) is 0 Å². The molecule has 2 rings (SSSR count). The quantitative estimate of drug-likeness (QED) is 0.851. The molecule has 23 heavy (non-hydrogen) atoms. The third-order valence-electron chi connectivity index (χ3n) is 4.18. The predicted octanol–water partition coefficient (Wildman–Crippen LogP) is 2.61. The van der Waals surface area contributed by atoms with Gasteiger partial charge in [0.25, 0.3) is 0 Å². The second-order valence-electron chi connectivity index (χ2n) is 5.67. The number of rotatable bonds is 4. The zero-order valence-electron chi connectivity index (χ0n) is 13.6. The number of carbonyl (C=O) groups excluding carboxylic acids is 1. The molecule has 9 heteroatoms. The Hall–Kier alpha value is -1.80. The van der Waals surface area contributed by atoms with Crippen molar-refractivity contribution in [3.8, 4) is 0 Å². The number of urea groups is 1. The van der Waals surface area contributed by atoms with Crippen molar-refractivity contribution in [3.63, 3.8) is 0 Å². The van der Waals surface area contributed by atoms with Gasteiger partial charge in [0.05, 0.1) is 6.54 Å². The zero-order valence-corrected chi connectivity index (χ0v) is 13.6. The van der Waals surface area contributed by atoms with Crippen LogP contribution in [0.1, 0.15) is 44.3 Å². The summed E-state index contributed by atoms with van der Waals surface area (Å²) in [6, 6.07) is -0.171. The van der Waals surface area contributed by atoms with Crippen LogP contribution in [0.4, 0.5) is 18.0 Å². The molecule has 1 unspecified atom stereocenters. The van der Waals surface area contributed by atoms with Gasteiger partial charge in [-0.25, -0.2) is 4.79 Å². The Balaban J connectivity index is 2.17. The van der Waals surface area contributed by atoms with Gasteiger partial charge in [0.15, 0.2) is 5.82 Å². The van der Waals surface area contributed by atoms with Gasteiger partial charge in [0, 0.05) is 26.7 Å². The minimum atomic E-state index is -4.31. The van der Waals surface area contributed by atoms with Gasteiger partial charge >= 0.3 is 12.2 Å². The van der Waals surface area contributed by atoms with Crippen LogP contribution in [-0.4, -0.2) is 56.9 Å². The molecule has 130 valence electrons. The Morgan fingerprint density at radius 2 is 1.96 bits per heavy atom. The lowest BCUT2D eigenvalue weighted by Gasteiger charge is -2.28. The van der Waals surface area contributed by atoms with Crippen molar-refractivity contribution in [1.29, 1.82) is 0 Å². The van der Waals surface area contributed by atoms with Crippen LogP contribution < -0.4 is 0 Å². The summed E-state index contributed by atoms with van der Waals surface area (Å²) in [6.07, 6.45) is -3.85. The Morgan fingerprint density at radius 1 is 1.30 bits per heavy atom. The Bertz CT molecular complexity index is 553. The van der Waals surface area contributed by atoms with Gasteiger partial charge in [-0.05, 0) is 26.7 Å². The first kappa shape index (κ1) is 17.6. The maximum atomic E-state index is 13.1. The highest BCUT2D eigenvalue weighted by Gasteiger charge is 2.45. The molecule has 0 N–H and O–H groups in total. The molecule has 0 fully saturated rings. The summed E-state index contributed by atoms with van der Waals surface area (Å²) in [7, 11) is 1.62. The highest BCUT2D eigenvalue weighted by atomic mass is 19.4. The maximum Gasteiger partial charge on any atom is 0.398 e. The van der Waals surface area contributed by atoms with Gasteiger partial charge in [-0.15, -0.1) is 10.2 Å². The predicted molar refractivity (Wildman–Crippen MR) is 77.8 cm³/mol. The van der Waals surface area contributed by atoms with Crippen molar-refractivity contribution in [2.75, 3.05) is 20.1 Å². The van der Waals surface area contributed by atoms with Crippen molar-refractivity contribution in [2.24, 2.45) is 0 Å². The lowest BCUT2D eigenvalue weighted by Crippen LogP contribution is -2.41. The average molecular weight is 333 g/mol. The van der Waals surface area contributed by atoms with Crippen LogP contribution in [0.15, 0.2) is 0 Å². The molecular weight excluding hydrogens is 311 g/mol. The van der Waals surface area contributed by atoms with Crippen molar-refractivity contribution >= 4 is 6.03 Å². The number of hydrogen-bond donors (Lipinski definition) is 0. The van der Waals surface area contributed by atoms with E-state index < -0.39 is 12.1 Å². The zero-order chi connectivity index (χ0) is 17.2. The topological polar surface area (TPSA) is 54.3 Å². The van der Waals surface area contributed by atoms with E-state index >= 15 is 0 Å². The second kappa shape index (κ2) is 6.76. The minimum absolute atomic E-state index is 0.0375. The second-order valence-corrected chi connectivity index (χ2v) is 5.67. The largest absolute Gasteiger partial charge is 0.398 e. The Labute approximate surface area is 133 Å². The lowest BCUT2D eigenvalue weighted by atomic mass is 9.98. The van der Waals surface area contributed by atoms with E-state index in [-0.39, 0.29) is 24.8 Å². The van der Waals surface area contributed by atoms with E-state index in [4.69, 9.17) is 0 Å². The summed E-state index contributed by atoms with van der Waals surface area (Å²) in [6.45, 7) is 5.51. The van der Waals surface area contributed by atoms with Gasteiger partial charge in [-0.1, -0.05) is 0 Å². The van der Waals surface area contributed by atoms with Crippen LogP contribution in [0.3, 0.4) is 0 Å². The van der Waals surface area contributed by atoms with E-state index in [1.165, 1.54) is 9.47 Å². The van der Waals surface area contributed by atoms with Crippen LogP contribution in [0.2, 0.25) is 0 Å². The fraction of sp³-hybridized carbons (Fsp3) is 0.786. The molecular formula is C14H22F3N5O. The fourth-order valence-corrected chi connectivity index (χ4v) is 2.88. The van der Waals surface area contributed by atoms with E-state index in [0.29, 0.717) is 31.9 Å². The van der Waals surface area contributed by atoms with Gasteiger partial charge in [-0.2, -0.15) is 13.2 Å². The highest BCUT2D eigenvalue weighted by Crippen LogP contribution is 2.40. The minimum Gasteiger partial charge on any atom is -0.325 e. The monoisotopic (exact) mass is 333 g/mol. The van der Waals surface area contributed by atoms with Crippen LogP contribution in [0.25, 0.3) is 0 Å².